The van der Waals surface area contributed by atoms with Crippen LogP contribution in [0.4, 0.5) is 27.4 Å². The number of benzene rings is 1. The summed E-state index contributed by atoms with van der Waals surface area (Å²) in [6, 6.07) is 5.25. The van der Waals surface area contributed by atoms with Gasteiger partial charge in [0.05, 0.1) is 10.5 Å². The summed E-state index contributed by atoms with van der Waals surface area (Å²) >= 11 is 0. The molecule has 0 aliphatic carbocycles. The van der Waals surface area contributed by atoms with E-state index in [1.54, 1.807) is 6.07 Å². The van der Waals surface area contributed by atoms with Crippen LogP contribution in [0.2, 0.25) is 0 Å². The van der Waals surface area contributed by atoms with Gasteiger partial charge in [-0.25, -0.2) is 14.4 Å². The second-order valence-electron chi connectivity index (χ2n) is 3.64. The number of nitrogen functional groups attached to an aromatic ring is 1. The number of hydrogen-bond acceptors (Lipinski definition) is 7. The van der Waals surface area contributed by atoms with E-state index in [2.05, 4.69) is 15.3 Å². The Balaban J connectivity index is 2.43. The zero-order chi connectivity index (χ0) is 14.7. The minimum absolute atomic E-state index is 0.141. The van der Waals surface area contributed by atoms with Crippen LogP contribution in [0.1, 0.15) is 5.56 Å². The number of halogens is 1. The maximum absolute atomic E-state index is 13.2. The van der Waals surface area contributed by atoms with Gasteiger partial charge in [0.25, 0.3) is 0 Å². The number of nitro groups is 1. The summed E-state index contributed by atoms with van der Waals surface area (Å²) in [5.41, 5.74) is 4.99. The van der Waals surface area contributed by atoms with E-state index in [-0.39, 0.29) is 22.9 Å². The molecule has 1 heterocycles. The molecule has 2 aromatic rings. The van der Waals surface area contributed by atoms with Crippen molar-refractivity contribution >= 4 is 23.0 Å². The molecule has 2 rings (SSSR count). The van der Waals surface area contributed by atoms with Gasteiger partial charge in [0.2, 0.25) is 11.6 Å². The highest BCUT2D eigenvalue weighted by Crippen LogP contribution is 2.29. The fourth-order valence-electron chi connectivity index (χ4n) is 1.49. The normalized spacial score (nSPS) is 9.80. The summed E-state index contributed by atoms with van der Waals surface area (Å²) in [7, 11) is 0. The van der Waals surface area contributed by atoms with Gasteiger partial charge in [-0.2, -0.15) is 5.26 Å². The van der Waals surface area contributed by atoms with Crippen molar-refractivity contribution in [3.63, 3.8) is 0 Å². The van der Waals surface area contributed by atoms with Crippen molar-refractivity contribution in [2.24, 2.45) is 0 Å². The van der Waals surface area contributed by atoms with Gasteiger partial charge in [0.1, 0.15) is 18.2 Å². The molecule has 0 atom stereocenters. The van der Waals surface area contributed by atoms with Crippen LogP contribution in [0.15, 0.2) is 24.5 Å². The average molecular weight is 274 g/mol. The summed E-state index contributed by atoms with van der Waals surface area (Å²) in [6.45, 7) is 0. The molecule has 0 bridgehead atoms. The lowest BCUT2D eigenvalue weighted by Gasteiger charge is -2.07. The molecule has 0 aliphatic heterocycles. The summed E-state index contributed by atoms with van der Waals surface area (Å²) in [6.07, 6.45) is 1.05. The molecule has 9 heteroatoms. The molecular formula is C11H7FN6O2. The van der Waals surface area contributed by atoms with Gasteiger partial charge in [0, 0.05) is 5.69 Å². The minimum Gasteiger partial charge on any atom is -0.378 e. The molecule has 0 radical (unpaired) electrons. The molecule has 3 N–H and O–H groups in total. The van der Waals surface area contributed by atoms with Crippen molar-refractivity contribution in [2.75, 3.05) is 11.1 Å². The fraction of sp³-hybridized carbons (Fsp3) is 0. The van der Waals surface area contributed by atoms with Crippen LogP contribution in [0.5, 0.6) is 0 Å². The standard InChI is InChI=1S/C11H7FN6O2/c12-8-2-1-7(3-6(8)4-13)17-11-9(18(19)20)10(14)15-5-16-11/h1-3,5H,(H3,14,15,16,17). The van der Waals surface area contributed by atoms with Crippen molar-refractivity contribution in [1.29, 1.82) is 5.26 Å². The lowest BCUT2D eigenvalue weighted by atomic mass is 10.2. The smallest absolute Gasteiger partial charge is 0.353 e. The molecule has 1 aromatic heterocycles. The Hall–Kier alpha value is -3.28. The third kappa shape index (κ3) is 2.44. The highest BCUT2D eigenvalue weighted by molar-refractivity contribution is 5.72. The monoisotopic (exact) mass is 274 g/mol. The second kappa shape index (κ2) is 5.15. The van der Waals surface area contributed by atoms with Crippen LogP contribution >= 0.6 is 0 Å². The fourth-order valence-corrected chi connectivity index (χ4v) is 1.49. The Labute approximate surface area is 111 Å². The van der Waals surface area contributed by atoms with Crippen molar-refractivity contribution in [3.05, 3.63) is 46.0 Å². The molecule has 0 fully saturated rings. The van der Waals surface area contributed by atoms with Gasteiger partial charge in [-0.05, 0) is 18.2 Å². The number of rotatable bonds is 3. The number of nitrogens with one attached hydrogen (secondary N) is 1. The largest absolute Gasteiger partial charge is 0.378 e. The maximum atomic E-state index is 13.2. The van der Waals surface area contributed by atoms with Crippen molar-refractivity contribution in [3.8, 4) is 6.07 Å². The van der Waals surface area contributed by atoms with Gasteiger partial charge >= 0.3 is 5.69 Å². The van der Waals surface area contributed by atoms with E-state index in [4.69, 9.17) is 11.0 Å². The predicted octanol–water partition coefficient (Wildman–Crippen LogP) is 1.72. The van der Waals surface area contributed by atoms with E-state index in [1.807, 2.05) is 0 Å². The topological polar surface area (TPSA) is 131 Å². The maximum Gasteiger partial charge on any atom is 0.353 e. The van der Waals surface area contributed by atoms with Gasteiger partial charge in [-0.3, -0.25) is 10.1 Å². The predicted molar refractivity (Wildman–Crippen MR) is 67.5 cm³/mol. The zero-order valence-electron chi connectivity index (χ0n) is 9.87. The van der Waals surface area contributed by atoms with E-state index >= 15 is 0 Å². The molecule has 0 saturated heterocycles. The van der Waals surface area contributed by atoms with Gasteiger partial charge in [0.15, 0.2) is 0 Å². The van der Waals surface area contributed by atoms with E-state index in [9.17, 15) is 14.5 Å². The number of nitriles is 1. The molecule has 0 unspecified atom stereocenters. The molecule has 0 spiro atoms. The summed E-state index contributed by atoms with van der Waals surface area (Å²) in [5.74, 6) is -1.12. The van der Waals surface area contributed by atoms with Gasteiger partial charge in [-0.1, -0.05) is 0 Å². The number of nitrogens with two attached hydrogens (primary N) is 1. The van der Waals surface area contributed by atoms with Crippen LogP contribution in [0.25, 0.3) is 0 Å². The lowest BCUT2D eigenvalue weighted by Crippen LogP contribution is -2.05. The third-order valence-corrected chi connectivity index (χ3v) is 2.38. The number of nitrogens with zero attached hydrogens (tertiary/aromatic N) is 4. The van der Waals surface area contributed by atoms with E-state index in [0.29, 0.717) is 0 Å². The number of aromatic nitrogens is 2. The Morgan fingerprint density at radius 1 is 1.45 bits per heavy atom. The first kappa shape index (κ1) is 13.2. The minimum atomic E-state index is -0.730. The van der Waals surface area contributed by atoms with Crippen molar-refractivity contribution in [1.82, 2.24) is 9.97 Å². The SMILES string of the molecule is N#Cc1cc(Nc2ncnc(N)c2[N+](=O)[O-])ccc1F. The first-order valence-corrected chi connectivity index (χ1v) is 5.24. The summed E-state index contributed by atoms with van der Waals surface area (Å²) in [4.78, 5) is 17.4. The van der Waals surface area contributed by atoms with Crippen molar-refractivity contribution in [2.45, 2.75) is 0 Å². The van der Waals surface area contributed by atoms with Crippen molar-refractivity contribution < 1.29 is 9.31 Å². The number of hydrogen-bond donors (Lipinski definition) is 2. The van der Waals surface area contributed by atoms with Crippen LogP contribution in [-0.4, -0.2) is 14.9 Å². The van der Waals surface area contributed by atoms with Crippen LogP contribution in [-0.2, 0) is 0 Å². The van der Waals surface area contributed by atoms with Crippen LogP contribution in [0, 0.1) is 27.3 Å². The first-order chi connectivity index (χ1) is 9.52. The van der Waals surface area contributed by atoms with E-state index in [0.717, 1.165) is 12.4 Å². The quantitative estimate of drug-likeness (QED) is 0.643. The summed E-state index contributed by atoms with van der Waals surface area (Å²) < 4.78 is 13.2. The van der Waals surface area contributed by atoms with Gasteiger partial charge < -0.3 is 11.1 Å². The zero-order valence-corrected chi connectivity index (χ0v) is 9.87. The highest BCUT2D eigenvalue weighted by atomic mass is 19.1. The molecule has 8 nitrogen and oxygen atoms in total. The molecule has 0 amide bonds. The van der Waals surface area contributed by atoms with E-state index in [1.165, 1.54) is 12.1 Å². The molecule has 0 saturated carbocycles. The molecule has 0 aliphatic rings. The summed E-state index contributed by atoms with van der Waals surface area (Å²) in [5, 5.41) is 22.2. The van der Waals surface area contributed by atoms with E-state index < -0.39 is 16.4 Å². The molecular weight excluding hydrogens is 267 g/mol. The highest BCUT2D eigenvalue weighted by Gasteiger charge is 2.21. The second-order valence-corrected chi connectivity index (χ2v) is 3.64. The molecule has 20 heavy (non-hydrogen) atoms. The average Bonchev–Trinajstić information content (AvgIpc) is 2.40. The molecule has 100 valence electrons. The number of anilines is 3. The lowest BCUT2D eigenvalue weighted by molar-refractivity contribution is -0.383. The van der Waals surface area contributed by atoms with Crippen LogP contribution < -0.4 is 11.1 Å². The van der Waals surface area contributed by atoms with Gasteiger partial charge in [-0.15, -0.1) is 0 Å². The third-order valence-electron chi connectivity index (χ3n) is 2.38. The molecule has 1 aromatic carbocycles. The first-order valence-electron chi connectivity index (χ1n) is 5.24. The Morgan fingerprint density at radius 3 is 2.85 bits per heavy atom. The Bertz CT molecular complexity index is 727. The Kier molecular flexibility index (Phi) is 3.39. The Morgan fingerprint density at radius 2 is 2.20 bits per heavy atom. The van der Waals surface area contributed by atoms with Crippen LogP contribution in [0.3, 0.4) is 0 Å².